The van der Waals surface area contributed by atoms with Crippen LogP contribution in [-0.4, -0.2) is 23.0 Å². The van der Waals surface area contributed by atoms with E-state index in [1.54, 1.807) is 44.0 Å². The molecule has 0 saturated heterocycles. The fourth-order valence-corrected chi connectivity index (χ4v) is 3.00. The first-order valence-electron chi connectivity index (χ1n) is 9.11. The van der Waals surface area contributed by atoms with Crippen LogP contribution in [-0.2, 0) is 6.54 Å². The van der Waals surface area contributed by atoms with Crippen molar-refractivity contribution in [3.63, 3.8) is 0 Å². The van der Waals surface area contributed by atoms with E-state index in [2.05, 4.69) is 15.3 Å². The van der Waals surface area contributed by atoms with Crippen molar-refractivity contribution in [2.45, 2.75) is 6.54 Å². The first-order chi connectivity index (χ1) is 14.2. The second-order valence-electron chi connectivity index (χ2n) is 6.32. The Morgan fingerprint density at radius 1 is 1.00 bits per heavy atom. The minimum absolute atomic E-state index is 0.182. The van der Waals surface area contributed by atoms with Gasteiger partial charge in [0, 0.05) is 18.0 Å². The number of carbonyl (C=O) groups excluding carboxylic acids is 1. The molecule has 6 heteroatoms. The Morgan fingerprint density at radius 3 is 2.59 bits per heavy atom. The van der Waals surface area contributed by atoms with Crippen LogP contribution in [0.4, 0.5) is 0 Å². The molecule has 29 heavy (non-hydrogen) atoms. The summed E-state index contributed by atoms with van der Waals surface area (Å²) in [6.07, 6.45) is 4.77. The average Bonchev–Trinajstić information content (AvgIpc) is 3.32. The van der Waals surface area contributed by atoms with Gasteiger partial charge in [0.15, 0.2) is 5.76 Å². The number of methoxy groups -OCH3 is 1. The van der Waals surface area contributed by atoms with Gasteiger partial charge < -0.3 is 14.5 Å². The molecule has 1 amide bonds. The van der Waals surface area contributed by atoms with Crippen LogP contribution in [0, 0.1) is 0 Å². The molecule has 0 bridgehead atoms. The van der Waals surface area contributed by atoms with Gasteiger partial charge in [-0.25, -0.2) is 4.98 Å². The largest absolute Gasteiger partial charge is 0.497 e. The van der Waals surface area contributed by atoms with Crippen LogP contribution in [0.2, 0.25) is 0 Å². The van der Waals surface area contributed by atoms with Crippen molar-refractivity contribution in [2.24, 2.45) is 0 Å². The molecule has 4 aromatic rings. The van der Waals surface area contributed by atoms with E-state index in [1.807, 2.05) is 42.5 Å². The Kier molecular flexibility index (Phi) is 5.33. The van der Waals surface area contributed by atoms with Gasteiger partial charge >= 0.3 is 0 Å². The van der Waals surface area contributed by atoms with Crippen molar-refractivity contribution in [1.82, 2.24) is 15.3 Å². The number of benzene rings is 2. The molecule has 144 valence electrons. The summed E-state index contributed by atoms with van der Waals surface area (Å²) in [6, 6.07) is 18.8. The molecule has 0 aliphatic carbocycles. The standard InChI is InChI=1S/C23H19N3O3/c1-28-19-5-2-4-18(14-19)16-7-9-17(10-8-16)23(27)26-15-20-22(25-12-11-24-20)21-6-3-13-29-21/h2-14H,15H2,1H3,(H,26,27). The molecule has 2 aromatic heterocycles. The van der Waals surface area contributed by atoms with Gasteiger partial charge in [-0.2, -0.15) is 0 Å². The average molecular weight is 385 g/mol. The van der Waals surface area contributed by atoms with Crippen molar-refractivity contribution in [3.05, 3.63) is 90.6 Å². The lowest BCUT2D eigenvalue weighted by Crippen LogP contribution is -2.23. The molecule has 0 aliphatic heterocycles. The molecule has 0 spiro atoms. The Balaban J connectivity index is 1.46. The van der Waals surface area contributed by atoms with Crippen molar-refractivity contribution in [2.75, 3.05) is 7.11 Å². The van der Waals surface area contributed by atoms with E-state index in [1.165, 1.54) is 0 Å². The van der Waals surface area contributed by atoms with Gasteiger partial charge in [0.2, 0.25) is 0 Å². The van der Waals surface area contributed by atoms with Crippen LogP contribution < -0.4 is 10.1 Å². The summed E-state index contributed by atoms with van der Waals surface area (Å²) in [5, 5.41) is 2.89. The number of amides is 1. The van der Waals surface area contributed by atoms with Gasteiger partial charge in [-0.1, -0.05) is 24.3 Å². The van der Waals surface area contributed by atoms with Crippen LogP contribution in [0.5, 0.6) is 5.75 Å². The number of hydrogen-bond donors (Lipinski definition) is 1. The molecule has 6 nitrogen and oxygen atoms in total. The maximum absolute atomic E-state index is 12.6. The molecular formula is C23H19N3O3. The first kappa shape index (κ1) is 18.4. The molecule has 2 heterocycles. The minimum Gasteiger partial charge on any atom is -0.497 e. The van der Waals surface area contributed by atoms with E-state index in [0.29, 0.717) is 22.7 Å². The van der Waals surface area contributed by atoms with Gasteiger partial charge in [-0.05, 0) is 47.5 Å². The molecule has 0 atom stereocenters. The lowest BCUT2D eigenvalue weighted by atomic mass is 10.0. The van der Waals surface area contributed by atoms with Crippen LogP contribution >= 0.6 is 0 Å². The zero-order valence-electron chi connectivity index (χ0n) is 15.8. The Bertz CT molecular complexity index is 1110. The van der Waals surface area contributed by atoms with Crippen LogP contribution in [0.1, 0.15) is 16.1 Å². The maximum Gasteiger partial charge on any atom is 0.251 e. The maximum atomic E-state index is 12.6. The molecule has 0 aliphatic rings. The monoisotopic (exact) mass is 385 g/mol. The second-order valence-corrected chi connectivity index (χ2v) is 6.32. The number of nitrogens with one attached hydrogen (secondary N) is 1. The Labute approximate surface area is 168 Å². The van der Waals surface area contributed by atoms with E-state index in [0.717, 1.165) is 16.9 Å². The van der Waals surface area contributed by atoms with E-state index < -0.39 is 0 Å². The minimum atomic E-state index is -0.182. The lowest BCUT2D eigenvalue weighted by Gasteiger charge is -2.09. The summed E-state index contributed by atoms with van der Waals surface area (Å²) in [5.41, 5.74) is 3.86. The fraction of sp³-hybridized carbons (Fsp3) is 0.0870. The molecule has 1 N–H and O–H groups in total. The molecule has 0 fully saturated rings. The Morgan fingerprint density at radius 2 is 1.83 bits per heavy atom. The summed E-state index contributed by atoms with van der Waals surface area (Å²) in [7, 11) is 1.64. The van der Waals surface area contributed by atoms with Crippen molar-refractivity contribution in [1.29, 1.82) is 0 Å². The van der Waals surface area contributed by atoms with Gasteiger partial charge in [-0.15, -0.1) is 0 Å². The highest BCUT2D eigenvalue weighted by Crippen LogP contribution is 2.24. The number of rotatable bonds is 6. The summed E-state index contributed by atoms with van der Waals surface area (Å²) in [4.78, 5) is 21.2. The quantitative estimate of drug-likeness (QED) is 0.534. The predicted molar refractivity (Wildman–Crippen MR) is 109 cm³/mol. The van der Waals surface area contributed by atoms with Crippen molar-refractivity contribution in [3.8, 4) is 28.3 Å². The summed E-state index contributed by atoms with van der Waals surface area (Å²) in [6.45, 7) is 0.250. The van der Waals surface area contributed by atoms with Crippen LogP contribution in [0.3, 0.4) is 0 Å². The summed E-state index contributed by atoms with van der Waals surface area (Å²) < 4.78 is 10.7. The smallest absolute Gasteiger partial charge is 0.251 e. The molecule has 0 saturated carbocycles. The fourth-order valence-electron chi connectivity index (χ4n) is 3.00. The summed E-state index contributed by atoms with van der Waals surface area (Å²) in [5.74, 6) is 1.23. The van der Waals surface area contributed by atoms with Gasteiger partial charge in [-0.3, -0.25) is 9.78 Å². The predicted octanol–water partition coefficient (Wildman–Crippen LogP) is 4.34. The van der Waals surface area contributed by atoms with E-state index in [-0.39, 0.29) is 12.5 Å². The third-order valence-corrected chi connectivity index (χ3v) is 4.50. The second kappa shape index (κ2) is 8.39. The van der Waals surface area contributed by atoms with Crippen LogP contribution in [0.25, 0.3) is 22.6 Å². The van der Waals surface area contributed by atoms with Crippen molar-refractivity contribution < 1.29 is 13.9 Å². The highest BCUT2D eigenvalue weighted by atomic mass is 16.5. The number of carbonyl (C=O) groups is 1. The lowest BCUT2D eigenvalue weighted by molar-refractivity contribution is 0.0950. The molecule has 4 rings (SSSR count). The van der Waals surface area contributed by atoms with E-state index >= 15 is 0 Å². The summed E-state index contributed by atoms with van der Waals surface area (Å²) >= 11 is 0. The van der Waals surface area contributed by atoms with E-state index in [9.17, 15) is 4.79 Å². The van der Waals surface area contributed by atoms with Crippen LogP contribution in [0.15, 0.2) is 83.7 Å². The number of furan rings is 1. The highest BCUT2D eigenvalue weighted by Gasteiger charge is 2.12. The zero-order chi connectivity index (χ0) is 20.1. The van der Waals surface area contributed by atoms with E-state index in [4.69, 9.17) is 9.15 Å². The molecule has 2 aromatic carbocycles. The molecule has 0 radical (unpaired) electrons. The molecular weight excluding hydrogens is 366 g/mol. The highest BCUT2D eigenvalue weighted by molar-refractivity contribution is 5.94. The van der Waals surface area contributed by atoms with Gasteiger partial charge in [0.25, 0.3) is 5.91 Å². The third-order valence-electron chi connectivity index (χ3n) is 4.50. The number of hydrogen-bond acceptors (Lipinski definition) is 5. The number of ether oxygens (including phenoxy) is 1. The normalized spacial score (nSPS) is 10.5. The van der Waals surface area contributed by atoms with Crippen molar-refractivity contribution >= 4 is 5.91 Å². The Hall–Kier alpha value is -3.93. The first-order valence-corrected chi connectivity index (χ1v) is 9.11. The third kappa shape index (κ3) is 4.16. The SMILES string of the molecule is COc1cccc(-c2ccc(C(=O)NCc3nccnc3-c3ccco3)cc2)c1. The van der Waals surface area contributed by atoms with Gasteiger partial charge in [0.1, 0.15) is 11.4 Å². The van der Waals surface area contributed by atoms with Gasteiger partial charge in [0.05, 0.1) is 25.6 Å². The number of aromatic nitrogens is 2. The zero-order valence-corrected chi connectivity index (χ0v) is 15.8. The molecule has 0 unspecified atom stereocenters. The topological polar surface area (TPSA) is 77.2 Å². The number of nitrogens with zero attached hydrogens (tertiary/aromatic N) is 2.